The topological polar surface area (TPSA) is 29.5 Å². The Morgan fingerprint density at radius 1 is 1.03 bits per heavy atom. The molecule has 2 aromatic carbocycles. The van der Waals surface area contributed by atoms with Crippen molar-refractivity contribution >= 4 is 29.2 Å². The summed E-state index contributed by atoms with van der Waals surface area (Å²) in [6.07, 6.45) is 6.53. The van der Waals surface area contributed by atoms with Crippen molar-refractivity contribution in [1.82, 2.24) is 0 Å². The smallest absolute Gasteiger partial charge is 0.415 e. The van der Waals surface area contributed by atoms with E-state index in [2.05, 4.69) is 47.9 Å². The Hall–Kier alpha value is -2.89. The molecule has 1 amide bonds. The SMILES string of the molecule is O=C(O[C@H]1C[N+]2(CC=Cc3ccccc3)CCC1CC2)N(Cc1ccsc1)c1ccccc1. The largest absolute Gasteiger partial charge is 0.440 e. The van der Waals surface area contributed by atoms with E-state index in [1.807, 2.05) is 41.8 Å². The van der Waals surface area contributed by atoms with Crippen LogP contribution >= 0.6 is 11.3 Å². The van der Waals surface area contributed by atoms with Crippen molar-refractivity contribution in [3.63, 3.8) is 0 Å². The molecule has 0 radical (unpaired) electrons. The number of hydrogen-bond acceptors (Lipinski definition) is 3. The van der Waals surface area contributed by atoms with Crippen molar-refractivity contribution in [2.75, 3.05) is 31.1 Å². The van der Waals surface area contributed by atoms with Gasteiger partial charge < -0.3 is 9.22 Å². The molecule has 3 fully saturated rings. The zero-order valence-corrected chi connectivity index (χ0v) is 19.7. The lowest BCUT2D eigenvalue weighted by Gasteiger charge is -2.51. The Labute approximate surface area is 200 Å². The second-order valence-electron chi connectivity index (χ2n) is 9.28. The molecule has 0 saturated carbocycles. The van der Waals surface area contributed by atoms with Crippen LogP contribution in [0.15, 0.2) is 83.6 Å². The van der Waals surface area contributed by atoms with Gasteiger partial charge >= 0.3 is 6.09 Å². The van der Waals surface area contributed by atoms with Crippen LogP contribution in [0.4, 0.5) is 10.5 Å². The molecule has 0 N–H and O–H groups in total. The van der Waals surface area contributed by atoms with Gasteiger partial charge in [-0.15, -0.1) is 0 Å². The lowest BCUT2D eigenvalue weighted by molar-refractivity contribution is -0.941. The normalized spacial score (nSPS) is 24.1. The van der Waals surface area contributed by atoms with Crippen molar-refractivity contribution in [1.29, 1.82) is 0 Å². The third-order valence-electron chi connectivity index (χ3n) is 7.11. The fourth-order valence-corrected chi connectivity index (χ4v) is 5.88. The molecule has 4 heterocycles. The maximum absolute atomic E-state index is 13.4. The minimum Gasteiger partial charge on any atom is -0.440 e. The molecule has 170 valence electrons. The summed E-state index contributed by atoms with van der Waals surface area (Å²) < 4.78 is 7.25. The molecule has 0 spiro atoms. The summed E-state index contributed by atoms with van der Waals surface area (Å²) in [6.45, 7) is 4.79. The predicted octanol–water partition coefficient (Wildman–Crippen LogP) is 6.21. The average Bonchev–Trinajstić information content (AvgIpc) is 3.38. The Kier molecular flexibility index (Phi) is 6.60. The first-order valence-electron chi connectivity index (χ1n) is 11.8. The highest BCUT2D eigenvalue weighted by molar-refractivity contribution is 7.07. The number of thiophene rings is 1. The molecular formula is C28H31N2O2S+. The molecule has 3 aromatic rings. The summed E-state index contributed by atoms with van der Waals surface area (Å²) in [4.78, 5) is 15.2. The van der Waals surface area contributed by atoms with Crippen molar-refractivity contribution in [3.8, 4) is 0 Å². The number of hydrogen-bond donors (Lipinski definition) is 0. The fraction of sp³-hybridized carbons (Fsp3) is 0.321. The third-order valence-corrected chi connectivity index (χ3v) is 7.84. The van der Waals surface area contributed by atoms with Gasteiger partial charge in [0, 0.05) is 24.4 Å². The minimum absolute atomic E-state index is 0.0150. The van der Waals surface area contributed by atoms with Gasteiger partial charge in [-0.2, -0.15) is 11.3 Å². The summed E-state index contributed by atoms with van der Waals surface area (Å²) in [5.41, 5.74) is 3.24. The van der Waals surface area contributed by atoms with Gasteiger partial charge in [0.1, 0.15) is 6.54 Å². The highest BCUT2D eigenvalue weighted by Gasteiger charge is 2.47. The summed E-state index contributed by atoms with van der Waals surface area (Å²) in [5.74, 6) is 0.478. The summed E-state index contributed by atoms with van der Waals surface area (Å²) in [7, 11) is 0. The molecule has 0 unspecified atom stereocenters. The molecule has 3 aliphatic heterocycles. The van der Waals surface area contributed by atoms with E-state index in [9.17, 15) is 4.79 Å². The van der Waals surface area contributed by atoms with E-state index in [1.165, 1.54) is 18.7 Å². The van der Waals surface area contributed by atoms with Crippen LogP contribution in [0.25, 0.3) is 6.08 Å². The van der Waals surface area contributed by atoms with Gasteiger partial charge in [0.25, 0.3) is 0 Å². The Balaban J connectivity index is 1.27. The van der Waals surface area contributed by atoms with Crippen molar-refractivity contribution in [2.45, 2.75) is 25.5 Å². The van der Waals surface area contributed by atoms with E-state index in [1.54, 1.807) is 16.2 Å². The first-order chi connectivity index (χ1) is 16.2. The van der Waals surface area contributed by atoms with E-state index in [4.69, 9.17) is 4.74 Å². The van der Waals surface area contributed by atoms with Gasteiger partial charge in [-0.25, -0.2) is 4.79 Å². The van der Waals surface area contributed by atoms with Crippen LogP contribution in [-0.4, -0.2) is 42.9 Å². The molecule has 1 aromatic heterocycles. The van der Waals surface area contributed by atoms with E-state index in [0.717, 1.165) is 41.7 Å². The lowest BCUT2D eigenvalue weighted by Crippen LogP contribution is -2.64. The van der Waals surface area contributed by atoms with Gasteiger partial charge in [-0.05, 0) is 46.2 Å². The zero-order chi connectivity index (χ0) is 22.5. The summed E-state index contributed by atoms with van der Waals surface area (Å²) >= 11 is 1.65. The summed E-state index contributed by atoms with van der Waals surface area (Å²) in [5, 5.41) is 4.14. The number of quaternary nitrogens is 1. The number of para-hydroxylation sites is 1. The first-order valence-corrected chi connectivity index (χ1v) is 12.8. The number of nitrogens with zero attached hydrogens (tertiary/aromatic N) is 2. The Morgan fingerprint density at radius 3 is 2.45 bits per heavy atom. The Bertz CT molecular complexity index is 1060. The van der Waals surface area contributed by atoms with Crippen LogP contribution in [0, 0.1) is 5.92 Å². The minimum atomic E-state index is -0.232. The number of benzene rings is 2. The van der Waals surface area contributed by atoms with Crippen LogP contribution in [0.3, 0.4) is 0 Å². The number of anilines is 1. The quantitative estimate of drug-likeness (QED) is 0.393. The molecule has 6 rings (SSSR count). The number of piperidine rings is 3. The predicted molar refractivity (Wildman–Crippen MR) is 135 cm³/mol. The molecule has 4 nitrogen and oxygen atoms in total. The van der Waals surface area contributed by atoms with Crippen LogP contribution in [0.5, 0.6) is 0 Å². The average molecular weight is 460 g/mol. The molecular weight excluding hydrogens is 428 g/mol. The Morgan fingerprint density at radius 2 is 1.76 bits per heavy atom. The molecule has 5 heteroatoms. The standard InChI is InChI=1S/C28H31N2O2S/c31-28(29(20-24-15-19-33-22-24)26-11-5-2-6-12-26)32-27-21-30(17-13-25(27)14-18-30)16-7-10-23-8-3-1-4-9-23/h1-12,15,19,22,25,27H,13-14,16-18,20-21H2/q+1/t25?,27-,30?/m0/s1. The number of amides is 1. The van der Waals surface area contributed by atoms with E-state index in [-0.39, 0.29) is 12.2 Å². The van der Waals surface area contributed by atoms with Gasteiger partial charge in [0.15, 0.2) is 6.10 Å². The van der Waals surface area contributed by atoms with Gasteiger partial charge in [0.05, 0.1) is 26.2 Å². The first kappa shape index (κ1) is 21.9. The maximum Gasteiger partial charge on any atom is 0.415 e. The number of carbonyl (C=O) groups excluding carboxylic acids is 1. The molecule has 2 bridgehead atoms. The van der Waals surface area contributed by atoms with Crippen molar-refractivity contribution < 1.29 is 14.0 Å². The van der Waals surface area contributed by atoms with Crippen LogP contribution < -0.4 is 4.90 Å². The highest BCUT2D eigenvalue weighted by atomic mass is 32.1. The fourth-order valence-electron chi connectivity index (χ4n) is 5.22. The van der Waals surface area contributed by atoms with E-state index >= 15 is 0 Å². The second kappa shape index (κ2) is 9.94. The lowest BCUT2D eigenvalue weighted by atomic mass is 9.83. The zero-order valence-electron chi connectivity index (χ0n) is 18.9. The van der Waals surface area contributed by atoms with E-state index < -0.39 is 0 Å². The number of ether oxygens (including phenoxy) is 1. The molecule has 0 aliphatic carbocycles. The van der Waals surface area contributed by atoms with Crippen LogP contribution in [0.2, 0.25) is 0 Å². The van der Waals surface area contributed by atoms with Crippen LogP contribution in [-0.2, 0) is 11.3 Å². The van der Waals surface area contributed by atoms with Crippen molar-refractivity contribution in [3.05, 3.63) is 94.7 Å². The van der Waals surface area contributed by atoms with Crippen LogP contribution in [0.1, 0.15) is 24.0 Å². The number of carbonyl (C=O) groups is 1. The molecule has 3 aliphatic rings. The highest BCUT2D eigenvalue weighted by Crippen LogP contribution is 2.36. The van der Waals surface area contributed by atoms with Gasteiger partial charge in [-0.3, -0.25) is 4.90 Å². The maximum atomic E-state index is 13.4. The van der Waals surface area contributed by atoms with E-state index in [0.29, 0.717) is 12.5 Å². The third kappa shape index (κ3) is 5.21. The molecule has 1 atom stereocenters. The van der Waals surface area contributed by atoms with Gasteiger partial charge in [-0.1, -0.05) is 54.6 Å². The van der Waals surface area contributed by atoms with Gasteiger partial charge in [0.2, 0.25) is 0 Å². The van der Waals surface area contributed by atoms with Crippen molar-refractivity contribution in [2.24, 2.45) is 5.92 Å². The second-order valence-corrected chi connectivity index (χ2v) is 10.1. The number of rotatable bonds is 7. The monoisotopic (exact) mass is 459 g/mol. The molecule has 33 heavy (non-hydrogen) atoms. The number of fused-ring (bicyclic) bond motifs is 3. The molecule has 3 saturated heterocycles. The summed E-state index contributed by atoms with van der Waals surface area (Å²) in [6, 6.07) is 22.4.